The quantitative estimate of drug-likeness (QED) is 0.841. The van der Waals surface area contributed by atoms with Gasteiger partial charge in [-0.05, 0) is 49.6 Å². The third-order valence-electron chi connectivity index (χ3n) is 3.72. The first-order valence-electron chi connectivity index (χ1n) is 7.80. The fraction of sp³-hybridized carbons (Fsp3) is 0.316. The molecule has 0 aromatic heterocycles. The predicted octanol–water partition coefficient (Wildman–Crippen LogP) is 3.38. The Morgan fingerprint density at radius 1 is 1.12 bits per heavy atom. The number of carbonyl (C=O) groups is 1. The van der Waals surface area contributed by atoms with Crippen LogP contribution in [0.25, 0.3) is 0 Å². The molecule has 24 heavy (non-hydrogen) atoms. The van der Waals surface area contributed by atoms with E-state index < -0.39 is 0 Å². The van der Waals surface area contributed by atoms with Crippen LogP contribution in [0.3, 0.4) is 0 Å². The number of hydrogen-bond acceptors (Lipinski definition) is 3. The van der Waals surface area contributed by atoms with Crippen LogP contribution in [0.1, 0.15) is 34.0 Å². The van der Waals surface area contributed by atoms with Crippen LogP contribution < -0.4 is 15.8 Å². The molecule has 1 unspecified atom stereocenters. The van der Waals surface area contributed by atoms with E-state index >= 15 is 0 Å². The molecular weight excluding hydrogens is 324 g/mol. The molecule has 0 bridgehead atoms. The maximum atomic E-state index is 12.2. The molecule has 2 aromatic carbocycles. The number of rotatable bonds is 6. The zero-order valence-electron chi connectivity index (χ0n) is 14.3. The van der Waals surface area contributed by atoms with Gasteiger partial charge in [0.1, 0.15) is 12.4 Å². The maximum absolute atomic E-state index is 12.2. The summed E-state index contributed by atoms with van der Waals surface area (Å²) in [6, 6.07) is 13.3. The number of ether oxygens (including phenoxy) is 1. The molecular formula is C19H25ClN2O2. The largest absolute Gasteiger partial charge is 0.491 e. The van der Waals surface area contributed by atoms with Crippen molar-refractivity contribution in [2.45, 2.75) is 33.4 Å². The molecule has 0 saturated carbocycles. The minimum atomic E-state index is -0.105. The van der Waals surface area contributed by atoms with Crippen molar-refractivity contribution in [2.24, 2.45) is 5.73 Å². The minimum Gasteiger partial charge on any atom is -0.491 e. The third kappa shape index (κ3) is 5.25. The summed E-state index contributed by atoms with van der Waals surface area (Å²) < 4.78 is 5.87. The lowest BCUT2D eigenvalue weighted by Crippen LogP contribution is -2.36. The molecule has 0 aliphatic heterocycles. The van der Waals surface area contributed by atoms with E-state index in [1.165, 1.54) is 0 Å². The van der Waals surface area contributed by atoms with Gasteiger partial charge in [0.2, 0.25) is 0 Å². The van der Waals surface area contributed by atoms with Gasteiger partial charge in [0.25, 0.3) is 5.91 Å². The molecule has 0 aliphatic carbocycles. The van der Waals surface area contributed by atoms with E-state index in [-0.39, 0.29) is 24.4 Å². The van der Waals surface area contributed by atoms with Gasteiger partial charge in [0.05, 0.1) is 6.04 Å². The van der Waals surface area contributed by atoms with Crippen molar-refractivity contribution >= 4 is 18.3 Å². The van der Waals surface area contributed by atoms with Crippen molar-refractivity contribution in [3.8, 4) is 5.75 Å². The second-order valence-corrected chi connectivity index (χ2v) is 5.81. The molecule has 4 nitrogen and oxygen atoms in total. The summed E-state index contributed by atoms with van der Waals surface area (Å²) >= 11 is 0. The highest BCUT2D eigenvalue weighted by molar-refractivity contribution is 5.94. The van der Waals surface area contributed by atoms with E-state index in [1.807, 2.05) is 51.1 Å². The van der Waals surface area contributed by atoms with Crippen LogP contribution in [0.15, 0.2) is 42.5 Å². The molecule has 0 fully saturated rings. The lowest BCUT2D eigenvalue weighted by Gasteiger charge is -2.17. The molecule has 2 aromatic rings. The number of halogens is 1. The standard InChI is InChI=1S/C19H24N2O2.ClH/c1-13-5-4-6-14(2)18(13)23-12-15(3)21-19(22)17-9-7-16(11-20)8-10-17;/h4-10,15H,11-12,20H2,1-3H3,(H,21,22);1H. The molecule has 5 heteroatoms. The predicted molar refractivity (Wildman–Crippen MR) is 99.9 cm³/mol. The number of nitrogens with two attached hydrogens (primary N) is 1. The highest BCUT2D eigenvalue weighted by Gasteiger charge is 2.11. The molecule has 0 radical (unpaired) electrons. The Morgan fingerprint density at radius 2 is 1.71 bits per heavy atom. The molecule has 0 heterocycles. The molecule has 0 aliphatic rings. The molecule has 3 N–H and O–H groups in total. The summed E-state index contributed by atoms with van der Waals surface area (Å²) in [4.78, 5) is 12.2. The number of aryl methyl sites for hydroxylation is 2. The number of amides is 1. The van der Waals surface area contributed by atoms with Crippen molar-refractivity contribution in [1.82, 2.24) is 5.32 Å². The smallest absolute Gasteiger partial charge is 0.251 e. The van der Waals surface area contributed by atoms with Gasteiger partial charge in [0.15, 0.2) is 0 Å². The second kappa shape index (κ2) is 9.30. The molecule has 0 saturated heterocycles. The summed E-state index contributed by atoms with van der Waals surface area (Å²) in [5, 5.41) is 2.95. The zero-order chi connectivity index (χ0) is 16.8. The lowest BCUT2D eigenvalue weighted by atomic mass is 10.1. The van der Waals surface area contributed by atoms with E-state index in [1.54, 1.807) is 12.1 Å². The zero-order valence-corrected chi connectivity index (χ0v) is 15.2. The van der Waals surface area contributed by atoms with E-state index in [2.05, 4.69) is 5.32 Å². The van der Waals surface area contributed by atoms with Crippen molar-refractivity contribution in [3.05, 3.63) is 64.7 Å². The summed E-state index contributed by atoms with van der Waals surface area (Å²) in [7, 11) is 0. The minimum absolute atomic E-state index is 0. The van der Waals surface area contributed by atoms with Gasteiger partial charge < -0.3 is 15.8 Å². The van der Waals surface area contributed by atoms with Crippen LogP contribution in [0.5, 0.6) is 5.75 Å². The Bertz CT molecular complexity index is 651. The first-order valence-corrected chi connectivity index (χ1v) is 7.80. The summed E-state index contributed by atoms with van der Waals surface area (Å²) in [6.07, 6.45) is 0. The highest BCUT2D eigenvalue weighted by atomic mass is 35.5. The second-order valence-electron chi connectivity index (χ2n) is 5.81. The van der Waals surface area contributed by atoms with Crippen molar-refractivity contribution < 1.29 is 9.53 Å². The van der Waals surface area contributed by atoms with Gasteiger partial charge in [0, 0.05) is 12.1 Å². The Kier molecular flexibility index (Phi) is 7.75. The first kappa shape index (κ1) is 20.0. The van der Waals surface area contributed by atoms with E-state index in [9.17, 15) is 4.79 Å². The van der Waals surface area contributed by atoms with Crippen LogP contribution in [0, 0.1) is 13.8 Å². The van der Waals surface area contributed by atoms with Gasteiger partial charge in [-0.3, -0.25) is 4.79 Å². The Hall–Kier alpha value is -2.04. The Balaban J connectivity index is 0.00000288. The van der Waals surface area contributed by atoms with Gasteiger partial charge in [-0.25, -0.2) is 0 Å². The SMILES string of the molecule is Cc1cccc(C)c1OCC(C)NC(=O)c1ccc(CN)cc1.Cl. The number of carbonyl (C=O) groups excluding carboxylic acids is 1. The summed E-state index contributed by atoms with van der Waals surface area (Å²) in [6.45, 7) is 6.87. The van der Waals surface area contributed by atoms with Crippen LogP contribution in [0.4, 0.5) is 0 Å². The van der Waals surface area contributed by atoms with E-state index in [0.717, 1.165) is 22.4 Å². The molecule has 1 atom stereocenters. The topological polar surface area (TPSA) is 64.3 Å². The van der Waals surface area contributed by atoms with E-state index in [4.69, 9.17) is 10.5 Å². The molecule has 1 amide bonds. The normalized spacial score (nSPS) is 11.3. The maximum Gasteiger partial charge on any atom is 0.251 e. The highest BCUT2D eigenvalue weighted by Crippen LogP contribution is 2.22. The lowest BCUT2D eigenvalue weighted by molar-refractivity contribution is 0.0926. The Morgan fingerprint density at radius 3 is 2.25 bits per heavy atom. The van der Waals surface area contributed by atoms with Crippen molar-refractivity contribution in [3.63, 3.8) is 0 Å². The number of nitrogens with one attached hydrogen (secondary N) is 1. The average Bonchev–Trinajstić information content (AvgIpc) is 2.54. The number of para-hydroxylation sites is 1. The Labute approximate surface area is 149 Å². The van der Waals surface area contributed by atoms with Crippen LogP contribution in [-0.2, 0) is 6.54 Å². The van der Waals surface area contributed by atoms with E-state index in [0.29, 0.717) is 18.7 Å². The average molecular weight is 349 g/mol. The summed E-state index contributed by atoms with van der Waals surface area (Å²) in [5.41, 5.74) is 9.39. The fourth-order valence-corrected chi connectivity index (χ4v) is 2.38. The molecule has 0 spiro atoms. The van der Waals surface area contributed by atoms with Gasteiger partial charge in [-0.2, -0.15) is 0 Å². The third-order valence-corrected chi connectivity index (χ3v) is 3.72. The number of hydrogen-bond donors (Lipinski definition) is 2. The fourth-order valence-electron chi connectivity index (χ4n) is 2.38. The molecule has 130 valence electrons. The van der Waals surface area contributed by atoms with Crippen molar-refractivity contribution in [2.75, 3.05) is 6.61 Å². The van der Waals surface area contributed by atoms with Crippen LogP contribution >= 0.6 is 12.4 Å². The first-order chi connectivity index (χ1) is 11.0. The van der Waals surface area contributed by atoms with Gasteiger partial charge in [-0.15, -0.1) is 12.4 Å². The summed E-state index contributed by atoms with van der Waals surface area (Å²) in [5.74, 6) is 0.784. The van der Waals surface area contributed by atoms with Crippen LogP contribution in [-0.4, -0.2) is 18.6 Å². The monoisotopic (exact) mass is 348 g/mol. The van der Waals surface area contributed by atoms with Gasteiger partial charge >= 0.3 is 0 Å². The van der Waals surface area contributed by atoms with Crippen molar-refractivity contribution in [1.29, 1.82) is 0 Å². The number of benzene rings is 2. The molecule has 2 rings (SSSR count). The van der Waals surface area contributed by atoms with Crippen LogP contribution in [0.2, 0.25) is 0 Å². The van der Waals surface area contributed by atoms with Gasteiger partial charge in [-0.1, -0.05) is 30.3 Å².